The zero-order valence-electron chi connectivity index (χ0n) is 9.20. The Morgan fingerprint density at radius 3 is 2.93 bits per heavy atom. The van der Waals surface area contributed by atoms with E-state index in [0.29, 0.717) is 11.8 Å². The number of carbonyl (C=O) groups is 1. The fourth-order valence-electron chi connectivity index (χ4n) is 0.954. The first-order valence-corrected chi connectivity index (χ1v) is 6.18. The largest absolute Gasteiger partial charge is 0.348 e. The maximum absolute atomic E-state index is 11.5. The van der Waals surface area contributed by atoms with E-state index in [1.807, 2.05) is 13.2 Å². The molecule has 1 heterocycles. The number of carbonyl (C=O) groups excluding carboxylic acids is 1. The second kappa shape index (κ2) is 5.75. The lowest BCUT2D eigenvalue weighted by molar-refractivity contribution is 0.0944. The van der Waals surface area contributed by atoms with E-state index in [-0.39, 0.29) is 11.7 Å². The summed E-state index contributed by atoms with van der Waals surface area (Å²) in [5.74, 6) is 0.741. The van der Waals surface area contributed by atoms with E-state index < -0.39 is 0 Å². The lowest BCUT2D eigenvalue weighted by Crippen LogP contribution is -2.30. The summed E-state index contributed by atoms with van der Waals surface area (Å²) in [5, 5.41) is 9.73. The predicted molar refractivity (Wildman–Crippen MR) is 61.1 cm³/mol. The van der Waals surface area contributed by atoms with E-state index in [4.69, 9.17) is 0 Å². The highest BCUT2D eigenvalue weighted by atomic mass is 32.2. The molecule has 1 amide bonds. The fraction of sp³-hybridized carbons (Fsp3) is 0.667. The third-order valence-electron chi connectivity index (χ3n) is 2.02. The van der Waals surface area contributed by atoms with E-state index in [1.165, 1.54) is 0 Å². The van der Waals surface area contributed by atoms with Gasteiger partial charge in [-0.1, -0.05) is 13.8 Å². The Kier molecular flexibility index (Phi) is 4.61. The average Bonchev–Trinajstić information content (AvgIpc) is 2.73. The smallest absolute Gasteiger partial charge is 0.290 e. The molecule has 0 saturated heterocycles. The van der Waals surface area contributed by atoms with Gasteiger partial charge in [-0.25, -0.2) is 4.98 Å². The van der Waals surface area contributed by atoms with Crippen LogP contribution >= 0.6 is 11.8 Å². The molecule has 1 rings (SSSR count). The number of nitrogens with one attached hydrogen (secondary N) is 2. The third kappa shape index (κ3) is 3.54. The molecule has 0 spiro atoms. The van der Waals surface area contributed by atoms with Crippen molar-refractivity contribution in [1.29, 1.82) is 0 Å². The lowest BCUT2D eigenvalue weighted by Gasteiger charge is -2.07. The molecule has 2 N–H and O–H groups in total. The van der Waals surface area contributed by atoms with Crippen LogP contribution in [0.15, 0.2) is 0 Å². The molecule has 1 unspecified atom stereocenters. The molecule has 0 aliphatic carbocycles. The molecule has 0 fully saturated rings. The molecule has 1 aromatic rings. The summed E-state index contributed by atoms with van der Waals surface area (Å²) in [6, 6.07) is 0. The van der Waals surface area contributed by atoms with Gasteiger partial charge in [0.25, 0.3) is 5.91 Å². The summed E-state index contributed by atoms with van der Waals surface area (Å²) in [6.07, 6.45) is 2.76. The molecule has 15 heavy (non-hydrogen) atoms. The van der Waals surface area contributed by atoms with Crippen molar-refractivity contribution in [2.75, 3.05) is 12.8 Å². The summed E-state index contributed by atoms with van der Waals surface area (Å²) in [6.45, 7) is 4.65. The molecule has 84 valence electrons. The van der Waals surface area contributed by atoms with Gasteiger partial charge in [0.05, 0.1) is 0 Å². The molecular weight excluding hydrogens is 212 g/mol. The number of hydrogen-bond donors (Lipinski definition) is 2. The van der Waals surface area contributed by atoms with Crippen LogP contribution in [-0.4, -0.2) is 39.1 Å². The second-order valence-corrected chi connectivity index (χ2v) is 4.49. The van der Waals surface area contributed by atoms with Crippen LogP contribution in [0.2, 0.25) is 0 Å². The van der Waals surface area contributed by atoms with E-state index >= 15 is 0 Å². The van der Waals surface area contributed by atoms with Gasteiger partial charge >= 0.3 is 0 Å². The van der Waals surface area contributed by atoms with Crippen molar-refractivity contribution >= 4 is 17.7 Å². The standard InChI is InChI=1S/C9H16N4OS/c1-4-7-11-8(13-12-7)9(14)10-5-6(2)15-3/h6H,4-5H2,1-3H3,(H,10,14)(H,11,12,13). The Morgan fingerprint density at radius 2 is 2.40 bits per heavy atom. The van der Waals surface area contributed by atoms with Crippen molar-refractivity contribution in [2.24, 2.45) is 0 Å². The first kappa shape index (κ1) is 12.0. The van der Waals surface area contributed by atoms with Crippen LogP contribution in [0, 0.1) is 0 Å². The van der Waals surface area contributed by atoms with Crippen LogP contribution in [0.25, 0.3) is 0 Å². The summed E-state index contributed by atoms with van der Waals surface area (Å²) < 4.78 is 0. The Hall–Kier alpha value is -1.04. The molecule has 0 radical (unpaired) electrons. The maximum Gasteiger partial charge on any atom is 0.290 e. The number of amides is 1. The van der Waals surface area contributed by atoms with Crippen molar-refractivity contribution < 1.29 is 4.79 Å². The molecule has 0 aliphatic rings. The summed E-state index contributed by atoms with van der Waals surface area (Å²) in [7, 11) is 0. The zero-order chi connectivity index (χ0) is 11.3. The number of rotatable bonds is 5. The highest BCUT2D eigenvalue weighted by molar-refractivity contribution is 7.99. The molecule has 0 bridgehead atoms. The molecule has 0 saturated carbocycles. The van der Waals surface area contributed by atoms with Gasteiger partial charge in [-0.05, 0) is 6.26 Å². The highest BCUT2D eigenvalue weighted by Gasteiger charge is 2.12. The molecule has 1 atom stereocenters. The molecule has 0 aliphatic heterocycles. The summed E-state index contributed by atoms with van der Waals surface area (Å²) in [5.41, 5.74) is 0. The minimum atomic E-state index is -0.216. The second-order valence-electron chi connectivity index (χ2n) is 3.22. The van der Waals surface area contributed by atoms with E-state index in [2.05, 4.69) is 27.4 Å². The normalized spacial score (nSPS) is 12.5. The first-order valence-electron chi connectivity index (χ1n) is 4.89. The quantitative estimate of drug-likeness (QED) is 0.783. The fourth-order valence-corrected chi connectivity index (χ4v) is 1.20. The Labute approximate surface area is 93.4 Å². The van der Waals surface area contributed by atoms with Gasteiger partial charge in [0.2, 0.25) is 5.82 Å². The van der Waals surface area contributed by atoms with Crippen LogP contribution in [0.4, 0.5) is 0 Å². The van der Waals surface area contributed by atoms with Crippen LogP contribution in [0.3, 0.4) is 0 Å². The summed E-state index contributed by atoms with van der Waals surface area (Å²) in [4.78, 5) is 15.6. The highest BCUT2D eigenvalue weighted by Crippen LogP contribution is 2.02. The number of aromatic nitrogens is 3. The average molecular weight is 228 g/mol. The molecular formula is C9H16N4OS. The third-order valence-corrected chi connectivity index (χ3v) is 2.99. The SMILES string of the molecule is CCc1nc(C(=O)NCC(C)SC)n[nH]1. The maximum atomic E-state index is 11.5. The van der Waals surface area contributed by atoms with Crippen molar-refractivity contribution in [2.45, 2.75) is 25.5 Å². The predicted octanol–water partition coefficient (Wildman–Crippen LogP) is 0.848. The lowest BCUT2D eigenvalue weighted by atomic mass is 10.4. The van der Waals surface area contributed by atoms with Crippen molar-refractivity contribution in [3.05, 3.63) is 11.6 Å². The minimum Gasteiger partial charge on any atom is -0.348 e. The van der Waals surface area contributed by atoms with Gasteiger partial charge in [-0.3, -0.25) is 9.89 Å². The Bertz CT molecular complexity index is 326. The van der Waals surface area contributed by atoms with Gasteiger partial charge in [-0.2, -0.15) is 11.8 Å². The molecule has 1 aromatic heterocycles. The van der Waals surface area contributed by atoms with E-state index in [1.54, 1.807) is 11.8 Å². The van der Waals surface area contributed by atoms with E-state index in [9.17, 15) is 4.79 Å². The monoisotopic (exact) mass is 228 g/mol. The topological polar surface area (TPSA) is 70.7 Å². The van der Waals surface area contributed by atoms with Crippen LogP contribution in [0.5, 0.6) is 0 Å². The molecule has 6 heteroatoms. The van der Waals surface area contributed by atoms with Crippen molar-refractivity contribution in [1.82, 2.24) is 20.5 Å². The van der Waals surface area contributed by atoms with Gasteiger partial charge in [-0.15, -0.1) is 5.10 Å². The number of aromatic amines is 1. The molecule has 0 aromatic carbocycles. The van der Waals surface area contributed by atoms with Crippen molar-refractivity contribution in [3.8, 4) is 0 Å². The van der Waals surface area contributed by atoms with E-state index in [0.717, 1.165) is 12.2 Å². The Balaban J connectivity index is 2.46. The van der Waals surface area contributed by atoms with Gasteiger partial charge < -0.3 is 5.32 Å². The number of aryl methyl sites for hydroxylation is 1. The van der Waals surface area contributed by atoms with Gasteiger partial charge in [0.15, 0.2) is 0 Å². The van der Waals surface area contributed by atoms with Crippen LogP contribution in [0.1, 0.15) is 30.3 Å². The van der Waals surface area contributed by atoms with Gasteiger partial charge in [0.1, 0.15) is 5.82 Å². The zero-order valence-corrected chi connectivity index (χ0v) is 10.0. The first-order chi connectivity index (χ1) is 7.17. The number of nitrogens with zero attached hydrogens (tertiary/aromatic N) is 2. The number of H-pyrrole nitrogens is 1. The molecule has 5 nitrogen and oxygen atoms in total. The van der Waals surface area contributed by atoms with Crippen LogP contribution < -0.4 is 5.32 Å². The summed E-state index contributed by atoms with van der Waals surface area (Å²) >= 11 is 1.71. The van der Waals surface area contributed by atoms with Crippen molar-refractivity contribution in [3.63, 3.8) is 0 Å². The number of thioether (sulfide) groups is 1. The number of hydrogen-bond acceptors (Lipinski definition) is 4. The van der Waals surface area contributed by atoms with Gasteiger partial charge in [0, 0.05) is 18.2 Å². The minimum absolute atomic E-state index is 0.216. The van der Waals surface area contributed by atoms with Crippen LogP contribution in [-0.2, 0) is 6.42 Å². The Morgan fingerprint density at radius 1 is 1.67 bits per heavy atom.